The molecule has 0 saturated carbocycles. The van der Waals surface area contributed by atoms with Gasteiger partial charge in [0, 0.05) is 30.1 Å². The number of carbonyl (C=O) groups excluding carboxylic acids is 4. The van der Waals surface area contributed by atoms with Crippen molar-refractivity contribution in [1.29, 1.82) is 0 Å². The Morgan fingerprint density at radius 3 is 2.48 bits per heavy atom. The molecule has 8 nitrogen and oxygen atoms in total. The number of fused-ring (bicyclic) bond motifs is 3. The van der Waals surface area contributed by atoms with E-state index in [2.05, 4.69) is 13.2 Å². The first-order valence-electron chi connectivity index (χ1n) is 9.34. The van der Waals surface area contributed by atoms with Gasteiger partial charge >= 0.3 is 17.9 Å². The molecule has 29 heavy (non-hydrogen) atoms. The van der Waals surface area contributed by atoms with Crippen LogP contribution in [0.3, 0.4) is 0 Å². The van der Waals surface area contributed by atoms with Gasteiger partial charge in [-0.3, -0.25) is 9.59 Å². The standard InChI is InChI=1S/C21H24O8/c1-9(2)19(24)28-17-16-11(4)20(25)27-14(16)7-10(3)13-8-15(23)21(6,29-13)18(17)26-12(5)22/h8,10,14,16-18H,1,4,7H2,2-3,5-6H3. The summed E-state index contributed by atoms with van der Waals surface area (Å²) in [6.45, 7) is 13.3. The molecule has 8 heteroatoms. The van der Waals surface area contributed by atoms with Crippen molar-refractivity contribution in [3.05, 3.63) is 36.1 Å². The van der Waals surface area contributed by atoms with Gasteiger partial charge in [0.2, 0.25) is 11.4 Å². The highest BCUT2D eigenvalue weighted by Crippen LogP contribution is 2.45. The Morgan fingerprint density at radius 1 is 1.24 bits per heavy atom. The highest BCUT2D eigenvalue weighted by atomic mass is 16.6. The maximum atomic E-state index is 12.9. The summed E-state index contributed by atoms with van der Waals surface area (Å²) in [6, 6.07) is 0. The van der Waals surface area contributed by atoms with Crippen molar-refractivity contribution in [2.45, 2.75) is 58.0 Å². The molecule has 0 N–H and O–H groups in total. The minimum absolute atomic E-state index is 0.0849. The van der Waals surface area contributed by atoms with Gasteiger partial charge in [0.1, 0.15) is 11.9 Å². The fourth-order valence-corrected chi connectivity index (χ4v) is 3.97. The van der Waals surface area contributed by atoms with Crippen molar-refractivity contribution in [3.8, 4) is 0 Å². The molecule has 2 bridgehead atoms. The van der Waals surface area contributed by atoms with Crippen molar-refractivity contribution in [2.24, 2.45) is 11.8 Å². The van der Waals surface area contributed by atoms with Crippen molar-refractivity contribution in [1.82, 2.24) is 0 Å². The lowest BCUT2D eigenvalue weighted by Gasteiger charge is -2.38. The number of esters is 3. The number of rotatable bonds is 3. The van der Waals surface area contributed by atoms with E-state index in [0.29, 0.717) is 12.2 Å². The number of carbonyl (C=O) groups is 4. The lowest BCUT2D eigenvalue weighted by Crippen LogP contribution is -2.57. The van der Waals surface area contributed by atoms with E-state index in [9.17, 15) is 19.2 Å². The first-order valence-corrected chi connectivity index (χ1v) is 9.34. The maximum Gasteiger partial charge on any atom is 0.334 e. The van der Waals surface area contributed by atoms with Gasteiger partial charge in [-0.1, -0.05) is 20.1 Å². The zero-order valence-electron chi connectivity index (χ0n) is 16.9. The molecular weight excluding hydrogens is 380 g/mol. The molecule has 0 amide bonds. The topological polar surface area (TPSA) is 105 Å². The molecule has 3 aliphatic rings. The Kier molecular flexibility index (Phi) is 5.15. The van der Waals surface area contributed by atoms with Crippen LogP contribution in [0.2, 0.25) is 0 Å². The Hall–Kier alpha value is -2.90. The SMILES string of the molecule is C=C(C)C(=O)OC1C2C(=C)C(=O)OC2CC(C)C2=CC(=O)C(C)(O2)C1OC(C)=O. The van der Waals surface area contributed by atoms with Crippen LogP contribution >= 0.6 is 0 Å². The third kappa shape index (κ3) is 3.47. The van der Waals surface area contributed by atoms with Crippen LogP contribution < -0.4 is 0 Å². The molecule has 2 fully saturated rings. The van der Waals surface area contributed by atoms with E-state index in [4.69, 9.17) is 18.9 Å². The van der Waals surface area contributed by atoms with Crippen molar-refractivity contribution >= 4 is 23.7 Å². The molecule has 0 aromatic rings. The summed E-state index contributed by atoms with van der Waals surface area (Å²) in [6.07, 6.45) is -1.58. The molecule has 3 rings (SSSR count). The Bertz CT molecular complexity index is 853. The van der Waals surface area contributed by atoms with E-state index in [0.717, 1.165) is 0 Å². The fraction of sp³-hybridized carbons (Fsp3) is 0.524. The van der Waals surface area contributed by atoms with Gasteiger partial charge in [-0.25, -0.2) is 9.59 Å². The molecule has 0 spiro atoms. The summed E-state index contributed by atoms with van der Waals surface area (Å²) in [4.78, 5) is 49.4. The lowest BCUT2D eigenvalue weighted by atomic mass is 9.78. The van der Waals surface area contributed by atoms with Gasteiger partial charge < -0.3 is 18.9 Å². The van der Waals surface area contributed by atoms with Gasteiger partial charge in [0.05, 0.1) is 5.92 Å². The van der Waals surface area contributed by atoms with Crippen molar-refractivity contribution < 1.29 is 38.1 Å². The number of hydrogen-bond acceptors (Lipinski definition) is 8. The zero-order chi connectivity index (χ0) is 21.7. The first-order chi connectivity index (χ1) is 13.5. The van der Waals surface area contributed by atoms with Gasteiger partial charge in [-0.2, -0.15) is 0 Å². The minimum Gasteiger partial charge on any atom is -0.479 e. The predicted octanol–water partition coefficient (Wildman–Crippen LogP) is 1.79. The normalized spacial score (nSPS) is 35.9. The Balaban J connectivity index is 2.17. The van der Waals surface area contributed by atoms with Crippen LogP contribution in [0.1, 0.15) is 34.1 Å². The number of hydrogen-bond donors (Lipinski definition) is 0. The second-order valence-corrected chi connectivity index (χ2v) is 7.93. The van der Waals surface area contributed by atoms with Crippen LogP contribution in [0, 0.1) is 11.8 Å². The van der Waals surface area contributed by atoms with Crippen LogP contribution in [-0.4, -0.2) is 47.6 Å². The molecule has 156 valence electrons. The summed E-state index contributed by atoms with van der Waals surface area (Å²) >= 11 is 0. The smallest absolute Gasteiger partial charge is 0.334 e. The number of ether oxygens (including phenoxy) is 4. The van der Waals surface area contributed by atoms with Crippen molar-refractivity contribution in [2.75, 3.05) is 0 Å². The summed E-state index contributed by atoms with van der Waals surface area (Å²) in [5.41, 5.74) is -1.44. The first kappa shape index (κ1) is 20.8. The Labute approximate surface area is 168 Å². The molecule has 0 aliphatic carbocycles. The maximum absolute atomic E-state index is 12.9. The molecule has 6 unspecified atom stereocenters. The molecule has 0 aromatic carbocycles. The minimum atomic E-state index is -1.63. The fourth-order valence-electron chi connectivity index (χ4n) is 3.97. The largest absolute Gasteiger partial charge is 0.479 e. The van der Waals surface area contributed by atoms with E-state index in [-0.39, 0.29) is 17.1 Å². The van der Waals surface area contributed by atoms with Gasteiger partial charge in [0.15, 0.2) is 12.2 Å². The molecular formula is C21H24O8. The van der Waals surface area contributed by atoms with E-state index < -0.39 is 53.5 Å². The summed E-state index contributed by atoms with van der Waals surface area (Å²) < 4.78 is 22.5. The lowest BCUT2D eigenvalue weighted by molar-refractivity contribution is -0.193. The van der Waals surface area contributed by atoms with Crippen LogP contribution in [0.5, 0.6) is 0 Å². The monoisotopic (exact) mass is 404 g/mol. The van der Waals surface area contributed by atoms with Gasteiger partial charge in [-0.05, 0) is 20.3 Å². The highest BCUT2D eigenvalue weighted by Gasteiger charge is 2.60. The molecule has 6 atom stereocenters. The number of allylic oxidation sites excluding steroid dienone is 1. The number of ketones is 1. The predicted molar refractivity (Wildman–Crippen MR) is 99.1 cm³/mol. The van der Waals surface area contributed by atoms with Gasteiger partial charge in [0.25, 0.3) is 0 Å². The third-order valence-electron chi connectivity index (χ3n) is 5.57. The average molecular weight is 404 g/mol. The average Bonchev–Trinajstić information content (AvgIpc) is 3.08. The zero-order valence-corrected chi connectivity index (χ0v) is 16.9. The molecule has 0 radical (unpaired) electrons. The molecule has 0 aromatic heterocycles. The molecule has 2 saturated heterocycles. The summed E-state index contributed by atoms with van der Waals surface area (Å²) in [5, 5.41) is 0. The summed E-state index contributed by atoms with van der Waals surface area (Å²) in [5.74, 6) is -3.18. The summed E-state index contributed by atoms with van der Waals surface area (Å²) in [7, 11) is 0. The van der Waals surface area contributed by atoms with Crippen LogP contribution in [-0.2, 0) is 38.1 Å². The van der Waals surface area contributed by atoms with Crippen molar-refractivity contribution in [3.63, 3.8) is 0 Å². The third-order valence-corrected chi connectivity index (χ3v) is 5.57. The Morgan fingerprint density at radius 2 is 1.90 bits per heavy atom. The van der Waals surface area contributed by atoms with Crippen LogP contribution in [0.15, 0.2) is 36.1 Å². The van der Waals surface area contributed by atoms with Crippen LogP contribution in [0.4, 0.5) is 0 Å². The quantitative estimate of drug-likeness (QED) is 0.398. The van der Waals surface area contributed by atoms with E-state index in [1.165, 1.54) is 26.8 Å². The highest BCUT2D eigenvalue weighted by molar-refractivity contribution is 6.00. The van der Waals surface area contributed by atoms with Crippen LogP contribution in [0.25, 0.3) is 0 Å². The second-order valence-electron chi connectivity index (χ2n) is 7.93. The molecule has 3 aliphatic heterocycles. The second kappa shape index (κ2) is 7.17. The van der Waals surface area contributed by atoms with E-state index >= 15 is 0 Å². The van der Waals surface area contributed by atoms with E-state index in [1.807, 2.05) is 6.92 Å². The van der Waals surface area contributed by atoms with E-state index in [1.54, 1.807) is 0 Å². The van der Waals surface area contributed by atoms with Gasteiger partial charge in [-0.15, -0.1) is 0 Å². The molecule has 3 heterocycles.